The molecule has 1 saturated heterocycles. The van der Waals surface area contributed by atoms with Crippen LogP contribution in [0.4, 0.5) is 0 Å². The Kier molecular flexibility index (Phi) is 6.68. The highest BCUT2D eigenvalue weighted by atomic mass is 35.5. The summed E-state index contributed by atoms with van der Waals surface area (Å²) in [5, 5.41) is 3.88. The second-order valence-corrected chi connectivity index (χ2v) is 5.64. The Morgan fingerprint density at radius 3 is 2.74 bits per heavy atom. The third-order valence-electron chi connectivity index (χ3n) is 3.86. The zero-order valence-electron chi connectivity index (χ0n) is 13.4. The summed E-state index contributed by atoms with van der Waals surface area (Å²) in [5.41, 5.74) is 1.94. The van der Waals surface area contributed by atoms with Gasteiger partial charge in [0.1, 0.15) is 12.4 Å². The minimum Gasteiger partial charge on any atom is -0.492 e. The summed E-state index contributed by atoms with van der Waals surface area (Å²) in [4.78, 5) is 2.45. The number of benzene rings is 1. The quantitative estimate of drug-likeness (QED) is 0.798. The van der Waals surface area contributed by atoms with E-state index in [2.05, 4.69) is 10.1 Å². The highest BCUT2D eigenvalue weighted by Gasteiger charge is 2.11. The van der Waals surface area contributed by atoms with E-state index in [9.17, 15) is 0 Å². The normalized spacial score (nSPS) is 15.0. The van der Waals surface area contributed by atoms with Crippen LogP contribution in [0.3, 0.4) is 0 Å². The maximum absolute atomic E-state index is 5.95. The zero-order valence-corrected chi connectivity index (χ0v) is 14.2. The lowest BCUT2D eigenvalue weighted by Gasteiger charge is -2.15. The van der Waals surface area contributed by atoms with Crippen molar-refractivity contribution in [2.45, 2.75) is 19.8 Å². The molecule has 0 radical (unpaired) electrons. The fourth-order valence-electron chi connectivity index (χ4n) is 2.67. The lowest BCUT2D eigenvalue weighted by atomic mass is 10.2. The molecule has 0 saturated carbocycles. The lowest BCUT2D eigenvalue weighted by Crippen LogP contribution is -2.25. The monoisotopic (exact) mass is 334 g/mol. The van der Waals surface area contributed by atoms with E-state index in [4.69, 9.17) is 9.26 Å². The van der Waals surface area contributed by atoms with Gasteiger partial charge in [0.15, 0.2) is 5.76 Å². The molecule has 1 aromatic heterocycles. The van der Waals surface area contributed by atoms with Gasteiger partial charge in [0, 0.05) is 18.2 Å². The third kappa shape index (κ3) is 5.12. The van der Waals surface area contributed by atoms with Crippen LogP contribution >= 0.6 is 12.4 Å². The fraction of sp³-hybridized carbons (Fsp3) is 0.389. The van der Waals surface area contributed by atoms with Gasteiger partial charge < -0.3 is 9.26 Å². The van der Waals surface area contributed by atoms with Crippen molar-refractivity contribution in [2.75, 3.05) is 26.2 Å². The molecule has 1 aromatic carbocycles. The number of halogens is 1. The van der Waals surface area contributed by atoms with Crippen LogP contribution < -0.4 is 4.74 Å². The van der Waals surface area contributed by atoms with Gasteiger partial charge in [-0.05, 0) is 51.1 Å². The predicted molar refractivity (Wildman–Crippen MR) is 95.0 cm³/mol. The largest absolute Gasteiger partial charge is 0.492 e. The van der Waals surface area contributed by atoms with Crippen molar-refractivity contribution in [3.8, 4) is 5.75 Å². The highest BCUT2D eigenvalue weighted by Crippen LogP contribution is 2.21. The summed E-state index contributed by atoms with van der Waals surface area (Å²) >= 11 is 0. The Labute approximate surface area is 143 Å². The molecule has 2 heterocycles. The predicted octanol–water partition coefficient (Wildman–Crippen LogP) is 4.05. The third-order valence-corrected chi connectivity index (χ3v) is 3.86. The second-order valence-electron chi connectivity index (χ2n) is 5.64. The van der Waals surface area contributed by atoms with Crippen LogP contribution in [-0.2, 0) is 0 Å². The molecule has 124 valence electrons. The minimum absolute atomic E-state index is 0. The molecule has 3 rings (SSSR count). The molecule has 0 bridgehead atoms. The van der Waals surface area contributed by atoms with E-state index in [-0.39, 0.29) is 12.4 Å². The van der Waals surface area contributed by atoms with Crippen molar-refractivity contribution in [2.24, 2.45) is 0 Å². The van der Waals surface area contributed by atoms with Gasteiger partial charge in [-0.3, -0.25) is 4.90 Å². The van der Waals surface area contributed by atoms with Crippen LogP contribution in [0.25, 0.3) is 12.2 Å². The number of aromatic nitrogens is 1. The molecule has 23 heavy (non-hydrogen) atoms. The van der Waals surface area contributed by atoms with Crippen molar-refractivity contribution in [3.63, 3.8) is 0 Å². The molecule has 0 unspecified atom stereocenters. The minimum atomic E-state index is 0. The number of nitrogens with zero attached hydrogens (tertiary/aromatic N) is 2. The number of para-hydroxylation sites is 1. The Morgan fingerprint density at radius 2 is 2.00 bits per heavy atom. The first-order chi connectivity index (χ1) is 10.8. The van der Waals surface area contributed by atoms with Gasteiger partial charge in [-0.1, -0.05) is 23.4 Å². The van der Waals surface area contributed by atoms with E-state index in [1.54, 1.807) is 0 Å². The molecule has 1 fully saturated rings. The second kappa shape index (κ2) is 8.75. The highest BCUT2D eigenvalue weighted by molar-refractivity contribution is 5.85. The zero-order chi connectivity index (χ0) is 15.2. The number of ether oxygens (including phenoxy) is 1. The van der Waals surface area contributed by atoms with Gasteiger partial charge in [-0.15, -0.1) is 12.4 Å². The molecule has 0 aliphatic carbocycles. The van der Waals surface area contributed by atoms with Crippen LogP contribution in [-0.4, -0.2) is 36.3 Å². The number of hydrogen-bond donors (Lipinski definition) is 0. The maximum Gasteiger partial charge on any atom is 0.159 e. The van der Waals surface area contributed by atoms with Crippen molar-refractivity contribution in [1.29, 1.82) is 0 Å². The SMILES string of the molecule is Cc1cc(/C=C/c2ccccc2OCCN2CCCC2)on1.Cl. The summed E-state index contributed by atoms with van der Waals surface area (Å²) < 4.78 is 11.1. The summed E-state index contributed by atoms with van der Waals surface area (Å²) in [7, 11) is 0. The van der Waals surface area contributed by atoms with E-state index in [0.717, 1.165) is 35.9 Å². The maximum atomic E-state index is 5.95. The number of aryl methyl sites for hydroxylation is 1. The average Bonchev–Trinajstić information content (AvgIpc) is 3.18. The van der Waals surface area contributed by atoms with Crippen LogP contribution in [0.5, 0.6) is 5.75 Å². The first-order valence-electron chi connectivity index (χ1n) is 7.87. The molecule has 1 aliphatic heterocycles. The molecule has 0 amide bonds. The van der Waals surface area contributed by atoms with Gasteiger partial charge in [-0.2, -0.15) is 0 Å². The standard InChI is InChI=1S/C18H22N2O2.ClH/c1-15-14-17(22-19-15)9-8-16-6-2-3-7-18(16)21-13-12-20-10-4-5-11-20;/h2-3,6-9,14H,4-5,10-13H2,1H3;1H/b9-8+;. The summed E-state index contributed by atoms with van der Waals surface area (Å²) in [5.74, 6) is 1.67. The Morgan fingerprint density at radius 1 is 1.22 bits per heavy atom. The Bertz CT molecular complexity index is 633. The van der Waals surface area contributed by atoms with E-state index >= 15 is 0 Å². The topological polar surface area (TPSA) is 38.5 Å². The van der Waals surface area contributed by atoms with Crippen LogP contribution in [0.15, 0.2) is 34.9 Å². The van der Waals surface area contributed by atoms with Crippen LogP contribution in [0.1, 0.15) is 29.9 Å². The molecule has 1 aliphatic rings. The Hall–Kier alpha value is -1.78. The van der Waals surface area contributed by atoms with E-state index < -0.39 is 0 Å². The first kappa shape index (κ1) is 17.6. The lowest BCUT2D eigenvalue weighted by molar-refractivity contribution is 0.237. The van der Waals surface area contributed by atoms with Crippen molar-refractivity contribution < 1.29 is 9.26 Å². The molecule has 2 aromatic rings. The first-order valence-corrected chi connectivity index (χ1v) is 7.87. The van der Waals surface area contributed by atoms with Crippen molar-refractivity contribution in [1.82, 2.24) is 10.1 Å². The number of likely N-dealkylation sites (tertiary alicyclic amines) is 1. The van der Waals surface area contributed by atoms with E-state index in [0.29, 0.717) is 0 Å². The van der Waals surface area contributed by atoms with Crippen molar-refractivity contribution in [3.05, 3.63) is 47.3 Å². The summed E-state index contributed by atoms with van der Waals surface area (Å²) in [6.45, 7) is 6.05. The van der Waals surface area contributed by atoms with Gasteiger partial charge in [0.05, 0.1) is 5.69 Å². The average molecular weight is 335 g/mol. The number of hydrogen-bond acceptors (Lipinski definition) is 4. The summed E-state index contributed by atoms with van der Waals surface area (Å²) in [6, 6.07) is 9.98. The molecule has 4 nitrogen and oxygen atoms in total. The fourth-order valence-corrected chi connectivity index (χ4v) is 2.67. The Balaban J connectivity index is 0.00000192. The molecular weight excluding hydrogens is 312 g/mol. The molecule has 0 atom stereocenters. The van der Waals surface area contributed by atoms with Gasteiger partial charge in [-0.25, -0.2) is 0 Å². The van der Waals surface area contributed by atoms with Crippen LogP contribution in [0, 0.1) is 6.92 Å². The van der Waals surface area contributed by atoms with Gasteiger partial charge in [0.25, 0.3) is 0 Å². The molecular formula is C18H23ClN2O2. The number of rotatable bonds is 6. The smallest absolute Gasteiger partial charge is 0.159 e. The molecule has 5 heteroatoms. The molecule has 0 N–H and O–H groups in total. The van der Waals surface area contributed by atoms with Gasteiger partial charge >= 0.3 is 0 Å². The van der Waals surface area contributed by atoms with Gasteiger partial charge in [0.2, 0.25) is 0 Å². The van der Waals surface area contributed by atoms with E-state index in [1.165, 1.54) is 25.9 Å². The summed E-state index contributed by atoms with van der Waals surface area (Å²) in [6.07, 6.45) is 6.56. The molecule has 0 spiro atoms. The van der Waals surface area contributed by atoms with Crippen LogP contribution in [0.2, 0.25) is 0 Å². The van der Waals surface area contributed by atoms with E-state index in [1.807, 2.05) is 49.4 Å². The van der Waals surface area contributed by atoms with Crippen molar-refractivity contribution >= 4 is 24.6 Å².